The molecule has 2 aliphatic rings. The zero-order valence-electron chi connectivity index (χ0n) is 23.6. The van der Waals surface area contributed by atoms with Crippen molar-refractivity contribution in [2.24, 2.45) is 5.92 Å². The Bertz CT molecular complexity index is 1530. The average molecular weight is 536 g/mol. The third-order valence-electron chi connectivity index (χ3n) is 8.16. The van der Waals surface area contributed by atoms with Gasteiger partial charge >= 0.3 is 5.97 Å². The lowest BCUT2D eigenvalue weighted by atomic mass is 10.0. The summed E-state index contributed by atoms with van der Waals surface area (Å²) in [6.45, 7) is 9.59. The van der Waals surface area contributed by atoms with Gasteiger partial charge in [-0.2, -0.15) is 0 Å². The summed E-state index contributed by atoms with van der Waals surface area (Å²) in [5, 5.41) is 4.26. The molecule has 7 nitrogen and oxygen atoms in total. The quantitative estimate of drug-likeness (QED) is 0.276. The molecule has 7 heteroatoms. The number of benzene rings is 3. The molecule has 1 aliphatic carbocycles. The van der Waals surface area contributed by atoms with Gasteiger partial charge in [-0.3, -0.25) is 9.80 Å². The second-order valence-electron chi connectivity index (χ2n) is 11.3. The fourth-order valence-electron chi connectivity index (χ4n) is 5.94. The Hall–Kier alpha value is -3.81. The van der Waals surface area contributed by atoms with Crippen LogP contribution in [-0.2, 0) is 29.0 Å². The molecule has 2 heterocycles. The Labute approximate surface area is 236 Å². The van der Waals surface area contributed by atoms with E-state index in [-0.39, 0.29) is 11.9 Å². The van der Waals surface area contributed by atoms with E-state index in [0.29, 0.717) is 12.4 Å². The molecular formula is C33H37N5O2. The van der Waals surface area contributed by atoms with Crippen LogP contribution >= 0.6 is 0 Å². The molecule has 0 amide bonds. The Balaban J connectivity index is 1.11. The van der Waals surface area contributed by atoms with E-state index in [1.54, 1.807) is 0 Å². The van der Waals surface area contributed by atoms with Crippen molar-refractivity contribution in [3.8, 4) is 11.1 Å². The topological polar surface area (TPSA) is 70.6 Å². The number of methoxy groups -OCH3 is 1. The fraction of sp³-hybridized carbons (Fsp3) is 0.364. The van der Waals surface area contributed by atoms with Crippen LogP contribution in [0.2, 0.25) is 0 Å². The number of anilines is 1. The molecule has 1 N–H and O–H groups in total. The molecule has 0 spiro atoms. The Kier molecular flexibility index (Phi) is 7.50. The van der Waals surface area contributed by atoms with Crippen molar-refractivity contribution in [2.75, 3.05) is 38.6 Å². The molecule has 1 atom stereocenters. The molecule has 40 heavy (non-hydrogen) atoms. The highest BCUT2D eigenvalue weighted by molar-refractivity contribution is 5.91. The lowest BCUT2D eigenvalue weighted by molar-refractivity contribution is -0.142. The van der Waals surface area contributed by atoms with Gasteiger partial charge in [-0.05, 0) is 52.3 Å². The molecule has 4 aromatic rings. The summed E-state index contributed by atoms with van der Waals surface area (Å²) >= 11 is 0. The molecule has 1 aliphatic heterocycles. The molecular weight excluding hydrogens is 498 g/mol. The van der Waals surface area contributed by atoms with Crippen molar-refractivity contribution in [1.82, 2.24) is 19.8 Å². The number of esters is 1. The molecule has 0 saturated carbocycles. The van der Waals surface area contributed by atoms with Crippen LogP contribution in [0, 0.1) is 5.92 Å². The molecule has 6 rings (SSSR count). The number of hydrogen-bond acceptors (Lipinski definition) is 7. The number of ether oxygens (including phenoxy) is 1. The van der Waals surface area contributed by atoms with E-state index < -0.39 is 6.04 Å². The summed E-state index contributed by atoms with van der Waals surface area (Å²) in [6.07, 6.45) is 1.03. The molecule has 0 bridgehead atoms. The zero-order chi connectivity index (χ0) is 27.6. The number of rotatable bonds is 8. The monoisotopic (exact) mass is 535 g/mol. The van der Waals surface area contributed by atoms with Crippen LogP contribution in [0.4, 0.5) is 5.82 Å². The van der Waals surface area contributed by atoms with E-state index in [2.05, 4.69) is 57.6 Å². The summed E-state index contributed by atoms with van der Waals surface area (Å²) in [7, 11) is 1.42. The van der Waals surface area contributed by atoms with Crippen molar-refractivity contribution in [2.45, 2.75) is 39.4 Å². The lowest BCUT2D eigenvalue weighted by Gasteiger charge is -2.34. The molecule has 1 aromatic heterocycles. The summed E-state index contributed by atoms with van der Waals surface area (Å²) in [6, 6.07) is 23.2. The second kappa shape index (κ2) is 11.4. The van der Waals surface area contributed by atoms with Crippen LogP contribution in [0.15, 0.2) is 66.7 Å². The first-order valence-corrected chi connectivity index (χ1v) is 14.2. The van der Waals surface area contributed by atoms with E-state index >= 15 is 0 Å². The number of fused-ring (bicyclic) bond motifs is 4. The normalized spacial score (nSPS) is 16.1. The van der Waals surface area contributed by atoms with Gasteiger partial charge in [-0.15, -0.1) is 0 Å². The number of hydrogen-bond donors (Lipinski definition) is 1. The number of carbonyl (C=O) groups is 1. The maximum atomic E-state index is 12.4. The van der Waals surface area contributed by atoms with E-state index in [1.165, 1.54) is 34.9 Å². The summed E-state index contributed by atoms with van der Waals surface area (Å²) < 4.78 is 5.04. The maximum absolute atomic E-state index is 12.4. The van der Waals surface area contributed by atoms with Crippen molar-refractivity contribution in [1.29, 1.82) is 0 Å². The third kappa shape index (κ3) is 5.44. The van der Waals surface area contributed by atoms with Gasteiger partial charge in [0.05, 0.1) is 19.2 Å². The minimum Gasteiger partial charge on any atom is -0.467 e. The van der Waals surface area contributed by atoms with Gasteiger partial charge in [0.25, 0.3) is 0 Å². The van der Waals surface area contributed by atoms with Crippen LogP contribution in [0.25, 0.3) is 22.0 Å². The minimum absolute atomic E-state index is 0.0544. The third-order valence-corrected chi connectivity index (χ3v) is 8.16. The number of nitrogens with one attached hydrogen (secondary N) is 1. The average Bonchev–Trinajstić information content (AvgIpc) is 3.34. The van der Waals surface area contributed by atoms with Gasteiger partial charge in [0, 0.05) is 38.1 Å². The Morgan fingerprint density at radius 2 is 1.57 bits per heavy atom. The maximum Gasteiger partial charge on any atom is 0.328 e. The van der Waals surface area contributed by atoms with Gasteiger partial charge in [0.15, 0.2) is 0 Å². The minimum atomic E-state index is -0.479. The van der Waals surface area contributed by atoms with E-state index in [0.717, 1.165) is 55.9 Å². The Morgan fingerprint density at radius 1 is 0.875 bits per heavy atom. The number of nitrogens with zero attached hydrogens (tertiary/aromatic N) is 4. The first-order valence-electron chi connectivity index (χ1n) is 14.2. The predicted octanol–water partition coefficient (Wildman–Crippen LogP) is 5.13. The van der Waals surface area contributed by atoms with Crippen LogP contribution in [-0.4, -0.2) is 65.1 Å². The van der Waals surface area contributed by atoms with Gasteiger partial charge in [-0.25, -0.2) is 14.8 Å². The summed E-state index contributed by atoms with van der Waals surface area (Å²) in [5.41, 5.74) is 7.92. The van der Waals surface area contributed by atoms with E-state index in [1.807, 2.05) is 38.1 Å². The SMILES string of the molecule is COC(=O)[C@@H](Nc1nc(CN2CCN(Cc3ccc4c(c3)Cc3ccccc3-4)CC2)nc2ccccc12)C(C)C. The van der Waals surface area contributed by atoms with E-state index in [9.17, 15) is 4.79 Å². The highest BCUT2D eigenvalue weighted by atomic mass is 16.5. The number of aromatic nitrogens is 2. The van der Waals surface area contributed by atoms with Gasteiger partial charge in [0.2, 0.25) is 0 Å². The predicted molar refractivity (Wildman–Crippen MR) is 159 cm³/mol. The number of para-hydroxylation sites is 1. The van der Waals surface area contributed by atoms with Gasteiger partial charge < -0.3 is 10.1 Å². The molecule has 1 fully saturated rings. The smallest absolute Gasteiger partial charge is 0.328 e. The highest BCUT2D eigenvalue weighted by Crippen LogP contribution is 2.37. The largest absolute Gasteiger partial charge is 0.467 e. The van der Waals surface area contributed by atoms with Gasteiger partial charge in [0.1, 0.15) is 17.7 Å². The first-order chi connectivity index (χ1) is 19.5. The molecule has 206 valence electrons. The van der Waals surface area contributed by atoms with Crippen LogP contribution in [0.3, 0.4) is 0 Å². The van der Waals surface area contributed by atoms with Crippen molar-refractivity contribution in [3.05, 3.63) is 89.2 Å². The molecule has 3 aromatic carbocycles. The Morgan fingerprint density at radius 3 is 2.35 bits per heavy atom. The van der Waals surface area contributed by atoms with Gasteiger partial charge in [-0.1, -0.05) is 68.4 Å². The first kappa shape index (κ1) is 26.4. The van der Waals surface area contributed by atoms with Crippen molar-refractivity contribution >= 4 is 22.7 Å². The second-order valence-corrected chi connectivity index (χ2v) is 11.3. The fourth-order valence-corrected chi connectivity index (χ4v) is 5.94. The molecule has 1 saturated heterocycles. The molecule has 0 radical (unpaired) electrons. The van der Waals surface area contributed by atoms with E-state index in [4.69, 9.17) is 14.7 Å². The standard InChI is InChI=1S/C33H37N5O2/c1-22(2)31(33(39)40-3)36-32-28-10-6-7-11-29(28)34-30(35-32)21-38-16-14-37(15-17-38)20-23-12-13-27-25(18-23)19-24-8-4-5-9-26(24)27/h4-13,18,22,31H,14-17,19-21H2,1-3H3,(H,34,35,36)/t31-/m0/s1. The van der Waals surface area contributed by atoms with Crippen molar-refractivity contribution in [3.63, 3.8) is 0 Å². The highest BCUT2D eigenvalue weighted by Gasteiger charge is 2.25. The lowest BCUT2D eigenvalue weighted by Crippen LogP contribution is -2.45. The number of piperazine rings is 1. The van der Waals surface area contributed by atoms with Crippen LogP contribution in [0.5, 0.6) is 0 Å². The zero-order valence-corrected chi connectivity index (χ0v) is 23.6. The van der Waals surface area contributed by atoms with Crippen LogP contribution in [0.1, 0.15) is 36.4 Å². The summed E-state index contributed by atoms with van der Waals surface area (Å²) in [5.74, 6) is 1.21. The van der Waals surface area contributed by atoms with Crippen molar-refractivity contribution < 1.29 is 9.53 Å². The van der Waals surface area contributed by atoms with Crippen LogP contribution < -0.4 is 5.32 Å². The molecule has 0 unspecified atom stereocenters. The number of carbonyl (C=O) groups excluding carboxylic acids is 1. The summed E-state index contributed by atoms with van der Waals surface area (Å²) in [4.78, 5) is 27.1.